The molecule has 2 aromatic rings. The van der Waals surface area contributed by atoms with Crippen molar-refractivity contribution in [3.8, 4) is 11.1 Å². The summed E-state index contributed by atoms with van der Waals surface area (Å²) in [6.07, 6.45) is 2.27. The van der Waals surface area contributed by atoms with Crippen molar-refractivity contribution in [1.29, 1.82) is 0 Å². The molecule has 0 spiro atoms. The van der Waals surface area contributed by atoms with E-state index in [1.165, 1.54) is 22.3 Å². The van der Waals surface area contributed by atoms with Crippen molar-refractivity contribution < 1.29 is 0 Å². The summed E-state index contributed by atoms with van der Waals surface area (Å²) in [6, 6.07) is 18.0. The topological polar surface area (TPSA) is 3.24 Å². The average molecular weight is 281 g/mol. The minimum Gasteiger partial charge on any atom is -0.309 e. The lowest BCUT2D eigenvalue weighted by Crippen LogP contribution is -2.14. The molecule has 0 heterocycles. The number of rotatable bonds is 6. The molecule has 0 atom stereocenters. The Hall–Kier alpha value is -1.60. The fourth-order valence-electron chi connectivity index (χ4n) is 2.52. The lowest BCUT2D eigenvalue weighted by molar-refractivity contribution is 0.413. The zero-order chi connectivity index (χ0) is 15.2. The largest absolute Gasteiger partial charge is 0.309 e. The van der Waals surface area contributed by atoms with E-state index in [1.807, 2.05) is 0 Å². The molecule has 0 saturated heterocycles. The number of hydrogen-bond donors (Lipinski definition) is 0. The van der Waals surface area contributed by atoms with Crippen molar-refractivity contribution in [2.24, 2.45) is 5.92 Å². The number of benzene rings is 2. The highest BCUT2D eigenvalue weighted by atomic mass is 15.0. The van der Waals surface area contributed by atoms with Crippen LogP contribution in [0.2, 0.25) is 0 Å². The summed E-state index contributed by atoms with van der Waals surface area (Å²) in [4.78, 5) is 2.22. The van der Waals surface area contributed by atoms with Crippen LogP contribution in [0.15, 0.2) is 48.5 Å². The highest BCUT2D eigenvalue weighted by Gasteiger charge is 2.01. The van der Waals surface area contributed by atoms with Gasteiger partial charge in [0, 0.05) is 6.54 Å². The molecular weight excluding hydrogens is 254 g/mol. The van der Waals surface area contributed by atoms with Gasteiger partial charge in [-0.05, 0) is 55.1 Å². The molecule has 0 fully saturated rings. The van der Waals surface area contributed by atoms with Crippen LogP contribution in [0.4, 0.5) is 0 Å². The van der Waals surface area contributed by atoms with E-state index in [0.717, 1.165) is 19.4 Å². The van der Waals surface area contributed by atoms with Gasteiger partial charge in [0.2, 0.25) is 0 Å². The maximum Gasteiger partial charge on any atom is 0.00157 e. The molecule has 0 N–H and O–H groups in total. The molecule has 1 heteroatoms. The minimum absolute atomic E-state index is 0.715. The van der Waals surface area contributed by atoms with Gasteiger partial charge in [0.25, 0.3) is 0 Å². The normalized spacial score (nSPS) is 11.3. The van der Waals surface area contributed by atoms with Gasteiger partial charge in [-0.15, -0.1) is 0 Å². The lowest BCUT2D eigenvalue weighted by atomic mass is 9.98. The maximum absolute atomic E-state index is 2.26. The van der Waals surface area contributed by atoms with Gasteiger partial charge in [0.15, 0.2) is 0 Å². The summed E-state index contributed by atoms with van der Waals surface area (Å²) in [6.45, 7) is 5.63. The second-order valence-corrected chi connectivity index (χ2v) is 6.55. The molecule has 2 rings (SSSR count). The van der Waals surface area contributed by atoms with Crippen molar-refractivity contribution >= 4 is 0 Å². The van der Waals surface area contributed by atoms with E-state index in [9.17, 15) is 0 Å². The maximum atomic E-state index is 2.26. The molecule has 0 unspecified atom stereocenters. The summed E-state index contributed by atoms with van der Waals surface area (Å²) >= 11 is 0. The Morgan fingerprint density at radius 3 is 1.67 bits per heavy atom. The smallest absolute Gasteiger partial charge is 0.00157 e. The molecule has 0 saturated carbocycles. The fraction of sp³-hybridized carbons (Fsp3) is 0.400. The fourth-order valence-corrected chi connectivity index (χ4v) is 2.52. The zero-order valence-corrected chi connectivity index (χ0v) is 13.8. The van der Waals surface area contributed by atoms with Crippen LogP contribution in [-0.4, -0.2) is 25.5 Å². The van der Waals surface area contributed by atoms with Crippen molar-refractivity contribution in [1.82, 2.24) is 4.90 Å². The number of nitrogens with zero attached hydrogens (tertiary/aromatic N) is 1. The van der Waals surface area contributed by atoms with E-state index in [4.69, 9.17) is 0 Å². The lowest BCUT2D eigenvalue weighted by Gasteiger charge is -2.10. The molecule has 0 aliphatic carbocycles. The van der Waals surface area contributed by atoms with Crippen LogP contribution in [0.3, 0.4) is 0 Å². The standard InChI is InChI=1S/C20H27N/c1-16(2)15-18-7-11-20(12-8-18)19-9-5-17(6-10-19)13-14-21(3)4/h5-12,16H,13-15H2,1-4H3. The van der Waals surface area contributed by atoms with Gasteiger partial charge in [0.1, 0.15) is 0 Å². The number of hydrogen-bond acceptors (Lipinski definition) is 1. The molecule has 2 aromatic carbocycles. The number of likely N-dealkylation sites (N-methyl/N-ethyl adjacent to an activating group) is 1. The Morgan fingerprint density at radius 1 is 0.762 bits per heavy atom. The average Bonchev–Trinajstić information content (AvgIpc) is 2.46. The van der Waals surface area contributed by atoms with Crippen molar-refractivity contribution in [3.63, 3.8) is 0 Å². The molecule has 0 radical (unpaired) electrons. The second kappa shape index (κ2) is 7.42. The predicted molar refractivity (Wildman–Crippen MR) is 92.7 cm³/mol. The molecule has 0 aromatic heterocycles. The zero-order valence-electron chi connectivity index (χ0n) is 13.8. The summed E-state index contributed by atoms with van der Waals surface area (Å²) in [5.74, 6) is 0.715. The highest BCUT2D eigenvalue weighted by molar-refractivity contribution is 5.64. The van der Waals surface area contributed by atoms with E-state index in [0.29, 0.717) is 5.92 Å². The van der Waals surface area contributed by atoms with E-state index >= 15 is 0 Å². The van der Waals surface area contributed by atoms with Gasteiger partial charge in [-0.25, -0.2) is 0 Å². The van der Waals surface area contributed by atoms with Crippen molar-refractivity contribution in [3.05, 3.63) is 59.7 Å². The van der Waals surface area contributed by atoms with Crippen LogP contribution in [-0.2, 0) is 12.8 Å². The third-order valence-corrected chi connectivity index (χ3v) is 3.73. The van der Waals surface area contributed by atoms with Gasteiger partial charge in [-0.3, -0.25) is 0 Å². The van der Waals surface area contributed by atoms with E-state index < -0.39 is 0 Å². The summed E-state index contributed by atoms with van der Waals surface area (Å²) < 4.78 is 0. The Balaban J connectivity index is 2.04. The van der Waals surface area contributed by atoms with Crippen LogP contribution in [0.25, 0.3) is 11.1 Å². The molecule has 21 heavy (non-hydrogen) atoms. The van der Waals surface area contributed by atoms with Crippen LogP contribution < -0.4 is 0 Å². The Morgan fingerprint density at radius 2 is 1.24 bits per heavy atom. The summed E-state index contributed by atoms with van der Waals surface area (Å²) in [7, 11) is 4.24. The molecule has 0 aliphatic heterocycles. The van der Waals surface area contributed by atoms with Crippen molar-refractivity contribution in [2.45, 2.75) is 26.7 Å². The van der Waals surface area contributed by atoms with E-state index in [1.54, 1.807) is 0 Å². The monoisotopic (exact) mass is 281 g/mol. The van der Waals surface area contributed by atoms with E-state index in [2.05, 4.69) is 81.4 Å². The highest BCUT2D eigenvalue weighted by Crippen LogP contribution is 2.21. The molecular formula is C20H27N. The van der Waals surface area contributed by atoms with Crippen LogP contribution >= 0.6 is 0 Å². The van der Waals surface area contributed by atoms with Gasteiger partial charge in [-0.1, -0.05) is 62.4 Å². The first-order valence-electron chi connectivity index (χ1n) is 7.87. The molecule has 112 valence electrons. The van der Waals surface area contributed by atoms with Gasteiger partial charge in [0.05, 0.1) is 0 Å². The van der Waals surface area contributed by atoms with Gasteiger partial charge < -0.3 is 4.90 Å². The summed E-state index contributed by atoms with van der Waals surface area (Å²) in [5, 5.41) is 0. The Kier molecular flexibility index (Phi) is 5.58. The first-order chi connectivity index (χ1) is 10.0. The Bertz CT molecular complexity index is 535. The Labute approximate surface area is 129 Å². The molecule has 0 bridgehead atoms. The third-order valence-electron chi connectivity index (χ3n) is 3.73. The van der Waals surface area contributed by atoms with Crippen molar-refractivity contribution in [2.75, 3.05) is 20.6 Å². The molecule has 0 amide bonds. The SMILES string of the molecule is CC(C)Cc1ccc(-c2ccc(CCN(C)C)cc2)cc1. The molecule has 1 nitrogen and oxygen atoms in total. The third kappa shape index (κ3) is 5.02. The van der Waals surface area contributed by atoms with E-state index in [-0.39, 0.29) is 0 Å². The first-order valence-corrected chi connectivity index (χ1v) is 7.87. The van der Waals surface area contributed by atoms with Crippen LogP contribution in [0.5, 0.6) is 0 Å². The molecule has 0 aliphatic rings. The van der Waals surface area contributed by atoms with Crippen LogP contribution in [0, 0.1) is 5.92 Å². The first kappa shape index (κ1) is 15.8. The van der Waals surface area contributed by atoms with Gasteiger partial charge >= 0.3 is 0 Å². The second-order valence-electron chi connectivity index (χ2n) is 6.55. The quantitative estimate of drug-likeness (QED) is 0.744. The van der Waals surface area contributed by atoms with Gasteiger partial charge in [-0.2, -0.15) is 0 Å². The van der Waals surface area contributed by atoms with Crippen LogP contribution in [0.1, 0.15) is 25.0 Å². The minimum atomic E-state index is 0.715. The summed E-state index contributed by atoms with van der Waals surface area (Å²) in [5.41, 5.74) is 5.45. The predicted octanol–water partition coefficient (Wildman–Crippen LogP) is 4.66.